The maximum absolute atomic E-state index is 13.8. The van der Waals surface area contributed by atoms with Crippen molar-refractivity contribution in [2.75, 3.05) is 0 Å². The number of benzene rings is 2. The number of para-hydroxylation sites is 1. The molecule has 0 N–H and O–H groups in total. The molecule has 2 aromatic rings. The lowest BCUT2D eigenvalue weighted by Gasteiger charge is -2.13. The third kappa shape index (κ3) is 3.75. The fourth-order valence-corrected chi connectivity index (χ4v) is 2.10. The lowest BCUT2D eigenvalue weighted by atomic mass is 10.2. The van der Waals surface area contributed by atoms with Crippen molar-refractivity contribution >= 4 is 27.7 Å². The van der Waals surface area contributed by atoms with Gasteiger partial charge < -0.3 is 4.74 Å². The SMILES string of the molecule is O=C=Nc1cccc(Br)c1Oc1c(F)cc(C(F)(F)F)cc1F. The second-order valence-electron chi connectivity index (χ2n) is 4.16. The van der Waals surface area contributed by atoms with Crippen LogP contribution in [0.15, 0.2) is 39.8 Å². The molecule has 0 fully saturated rings. The van der Waals surface area contributed by atoms with Gasteiger partial charge in [0.1, 0.15) is 5.69 Å². The first kappa shape index (κ1) is 17.1. The molecule has 2 rings (SSSR count). The number of carbonyl (C=O) groups excluding carboxylic acids is 1. The average molecular weight is 394 g/mol. The molecule has 23 heavy (non-hydrogen) atoms. The second kappa shape index (κ2) is 6.47. The quantitative estimate of drug-likeness (QED) is 0.392. The zero-order chi connectivity index (χ0) is 17.2. The maximum Gasteiger partial charge on any atom is 0.416 e. The molecule has 0 bridgehead atoms. The molecular formula is C14H5BrF5NO2. The Hall–Kier alpha value is -2.25. The highest BCUT2D eigenvalue weighted by Gasteiger charge is 2.33. The minimum absolute atomic E-state index is 0.104. The van der Waals surface area contributed by atoms with E-state index in [4.69, 9.17) is 4.74 Å². The lowest BCUT2D eigenvalue weighted by Crippen LogP contribution is -2.07. The van der Waals surface area contributed by atoms with Gasteiger partial charge in [-0.1, -0.05) is 6.07 Å². The van der Waals surface area contributed by atoms with E-state index in [2.05, 4.69) is 20.9 Å². The van der Waals surface area contributed by atoms with Gasteiger partial charge in [-0.25, -0.2) is 13.6 Å². The van der Waals surface area contributed by atoms with Crippen molar-refractivity contribution in [2.24, 2.45) is 4.99 Å². The Bertz CT molecular complexity index is 777. The fourth-order valence-electron chi connectivity index (χ4n) is 1.66. The van der Waals surface area contributed by atoms with E-state index in [9.17, 15) is 26.7 Å². The van der Waals surface area contributed by atoms with Gasteiger partial charge in [-0.15, -0.1) is 0 Å². The first-order valence-corrected chi connectivity index (χ1v) is 6.64. The van der Waals surface area contributed by atoms with Gasteiger partial charge in [0.2, 0.25) is 6.08 Å². The Morgan fingerprint density at radius 1 is 1.09 bits per heavy atom. The van der Waals surface area contributed by atoms with Crippen LogP contribution in [0.5, 0.6) is 11.5 Å². The predicted molar refractivity (Wildman–Crippen MR) is 73.4 cm³/mol. The Balaban J connectivity index is 2.52. The number of rotatable bonds is 3. The van der Waals surface area contributed by atoms with Crippen molar-refractivity contribution < 1.29 is 31.5 Å². The van der Waals surface area contributed by atoms with Crippen LogP contribution in [0.3, 0.4) is 0 Å². The Morgan fingerprint density at radius 3 is 2.22 bits per heavy atom. The van der Waals surface area contributed by atoms with Gasteiger partial charge in [0.25, 0.3) is 0 Å². The number of hydrogen-bond acceptors (Lipinski definition) is 3. The molecule has 0 saturated heterocycles. The summed E-state index contributed by atoms with van der Waals surface area (Å²) >= 11 is 3.03. The molecule has 0 radical (unpaired) electrons. The molecule has 0 aliphatic rings. The van der Waals surface area contributed by atoms with E-state index in [1.54, 1.807) is 0 Å². The standard InChI is InChI=1S/C14H5BrF5NO2/c15-8-2-1-3-11(21-6-22)12(8)23-13-9(16)4-7(5-10(13)17)14(18,19)20/h1-5H. The van der Waals surface area contributed by atoms with Crippen LogP contribution in [-0.4, -0.2) is 6.08 Å². The Kier molecular flexibility index (Phi) is 4.82. The summed E-state index contributed by atoms with van der Waals surface area (Å²) in [7, 11) is 0. The zero-order valence-electron chi connectivity index (χ0n) is 10.9. The molecule has 120 valence electrons. The maximum atomic E-state index is 13.8. The molecule has 3 nitrogen and oxygen atoms in total. The number of hydrogen-bond donors (Lipinski definition) is 0. The fraction of sp³-hybridized carbons (Fsp3) is 0.0714. The summed E-state index contributed by atoms with van der Waals surface area (Å²) in [5.74, 6) is -4.39. The summed E-state index contributed by atoms with van der Waals surface area (Å²) in [6, 6.07) is 4.41. The molecule has 0 spiro atoms. The zero-order valence-corrected chi connectivity index (χ0v) is 12.5. The summed E-state index contributed by atoms with van der Waals surface area (Å²) in [6.45, 7) is 0. The van der Waals surface area contributed by atoms with E-state index >= 15 is 0 Å². The lowest BCUT2D eigenvalue weighted by molar-refractivity contribution is -0.138. The van der Waals surface area contributed by atoms with Crippen LogP contribution in [0, 0.1) is 11.6 Å². The molecule has 0 heterocycles. The van der Waals surface area contributed by atoms with Crippen LogP contribution in [0.1, 0.15) is 5.56 Å². The molecule has 0 aromatic heterocycles. The van der Waals surface area contributed by atoms with E-state index in [-0.39, 0.29) is 28.0 Å². The summed E-state index contributed by atoms with van der Waals surface area (Å²) in [5, 5.41) is 0. The number of alkyl halides is 3. The van der Waals surface area contributed by atoms with E-state index in [1.165, 1.54) is 24.3 Å². The van der Waals surface area contributed by atoms with Crippen LogP contribution in [0.2, 0.25) is 0 Å². The monoisotopic (exact) mass is 393 g/mol. The molecule has 0 atom stereocenters. The number of halogens is 6. The average Bonchev–Trinajstić information content (AvgIpc) is 2.44. The molecule has 9 heteroatoms. The van der Waals surface area contributed by atoms with E-state index < -0.39 is 29.1 Å². The van der Waals surface area contributed by atoms with Gasteiger partial charge in [-0.05, 0) is 40.2 Å². The van der Waals surface area contributed by atoms with Crippen LogP contribution in [0.4, 0.5) is 27.6 Å². The van der Waals surface area contributed by atoms with Crippen molar-refractivity contribution in [1.29, 1.82) is 0 Å². The molecule has 2 aromatic carbocycles. The topological polar surface area (TPSA) is 38.7 Å². The summed E-state index contributed by atoms with van der Waals surface area (Å²) in [4.78, 5) is 13.6. The van der Waals surface area contributed by atoms with Crippen LogP contribution < -0.4 is 4.74 Å². The molecular weight excluding hydrogens is 389 g/mol. The summed E-state index contributed by atoms with van der Waals surface area (Å²) < 4.78 is 70.2. The highest BCUT2D eigenvalue weighted by molar-refractivity contribution is 9.10. The summed E-state index contributed by atoms with van der Waals surface area (Å²) in [5.41, 5.74) is -1.59. The van der Waals surface area contributed by atoms with Crippen LogP contribution >= 0.6 is 15.9 Å². The number of nitrogens with zero attached hydrogens (tertiary/aromatic N) is 1. The minimum Gasteiger partial charge on any atom is -0.448 e. The minimum atomic E-state index is -4.90. The molecule has 0 saturated carbocycles. The Morgan fingerprint density at radius 2 is 1.70 bits per heavy atom. The second-order valence-corrected chi connectivity index (χ2v) is 5.01. The highest BCUT2D eigenvalue weighted by Crippen LogP contribution is 2.41. The van der Waals surface area contributed by atoms with E-state index in [0.717, 1.165) is 0 Å². The third-order valence-corrected chi connectivity index (χ3v) is 3.27. The van der Waals surface area contributed by atoms with Crippen molar-refractivity contribution in [3.05, 3.63) is 52.0 Å². The van der Waals surface area contributed by atoms with Gasteiger partial charge in [-0.2, -0.15) is 18.2 Å². The van der Waals surface area contributed by atoms with E-state index in [1.807, 2.05) is 0 Å². The molecule has 0 amide bonds. The molecule has 0 aliphatic carbocycles. The summed E-state index contributed by atoms with van der Waals surface area (Å²) in [6.07, 6.45) is -3.67. The predicted octanol–water partition coefficient (Wildman–Crippen LogP) is 5.51. The molecule has 0 unspecified atom stereocenters. The van der Waals surface area contributed by atoms with E-state index in [0.29, 0.717) is 0 Å². The van der Waals surface area contributed by atoms with Crippen molar-refractivity contribution in [3.63, 3.8) is 0 Å². The largest absolute Gasteiger partial charge is 0.448 e. The smallest absolute Gasteiger partial charge is 0.416 e. The number of isocyanates is 1. The van der Waals surface area contributed by atoms with Crippen LogP contribution in [0.25, 0.3) is 0 Å². The van der Waals surface area contributed by atoms with Gasteiger partial charge in [-0.3, -0.25) is 0 Å². The molecule has 0 aliphatic heterocycles. The van der Waals surface area contributed by atoms with Gasteiger partial charge in [0, 0.05) is 0 Å². The van der Waals surface area contributed by atoms with Crippen molar-refractivity contribution in [2.45, 2.75) is 6.18 Å². The number of aliphatic imine (C=N–C) groups is 1. The first-order chi connectivity index (χ1) is 10.7. The normalized spacial score (nSPS) is 11.0. The first-order valence-electron chi connectivity index (χ1n) is 5.84. The third-order valence-electron chi connectivity index (χ3n) is 2.64. The van der Waals surface area contributed by atoms with Crippen molar-refractivity contribution in [1.82, 2.24) is 0 Å². The van der Waals surface area contributed by atoms with Gasteiger partial charge in [0.15, 0.2) is 23.1 Å². The Labute approximate surface area is 134 Å². The highest BCUT2D eigenvalue weighted by atomic mass is 79.9. The van der Waals surface area contributed by atoms with Crippen molar-refractivity contribution in [3.8, 4) is 11.5 Å². The van der Waals surface area contributed by atoms with Gasteiger partial charge in [0.05, 0.1) is 10.0 Å². The number of ether oxygens (including phenoxy) is 1. The van der Waals surface area contributed by atoms with Crippen LogP contribution in [-0.2, 0) is 11.0 Å². The van der Waals surface area contributed by atoms with Gasteiger partial charge >= 0.3 is 6.18 Å².